The Hall–Kier alpha value is -1.35. The first kappa shape index (κ1) is 13.7. The first-order valence-electron chi connectivity index (χ1n) is 5.90. The minimum atomic E-state index is 0.00847. The average molecular weight is 236 g/mol. The normalized spacial score (nSPS) is 12.3. The number of Topliss-reactive ketones (excluding diaryl/α,β-unsaturated/α-hetero) is 1. The molecule has 94 valence electrons. The first-order chi connectivity index (χ1) is 8.01. The van der Waals surface area contributed by atoms with Crippen LogP contribution in [0.1, 0.15) is 48.2 Å². The predicted molar refractivity (Wildman–Crippen MR) is 67.9 cm³/mol. The van der Waals surface area contributed by atoms with Crippen molar-refractivity contribution in [2.75, 3.05) is 13.2 Å². The highest BCUT2D eigenvalue weighted by Crippen LogP contribution is 2.28. The number of hydrogen-bond acceptors (Lipinski definition) is 3. The minimum Gasteiger partial charge on any atom is -0.493 e. The Kier molecular flexibility index (Phi) is 4.70. The van der Waals surface area contributed by atoms with Crippen molar-refractivity contribution in [1.29, 1.82) is 0 Å². The van der Waals surface area contributed by atoms with E-state index in [0.29, 0.717) is 17.9 Å². The number of ether oxygens (including phenoxy) is 1. The van der Waals surface area contributed by atoms with Gasteiger partial charge in [0.05, 0.1) is 12.2 Å². The number of carbonyl (C=O) groups is 1. The summed E-state index contributed by atoms with van der Waals surface area (Å²) < 4.78 is 5.51. The van der Waals surface area contributed by atoms with Gasteiger partial charge in [-0.05, 0) is 38.0 Å². The maximum Gasteiger partial charge on any atom is 0.163 e. The zero-order valence-corrected chi connectivity index (χ0v) is 10.9. The molecule has 0 saturated carbocycles. The number of aliphatic hydroxyl groups is 1. The highest BCUT2D eigenvalue weighted by molar-refractivity contribution is 5.98. The van der Waals surface area contributed by atoms with Gasteiger partial charge < -0.3 is 9.84 Å². The largest absolute Gasteiger partial charge is 0.493 e. The molecule has 1 N–H and O–H groups in total. The number of aliphatic hydroxyl groups excluding tert-OH is 1. The van der Waals surface area contributed by atoms with Crippen molar-refractivity contribution in [1.82, 2.24) is 0 Å². The van der Waals surface area contributed by atoms with Crippen LogP contribution in [-0.4, -0.2) is 24.1 Å². The molecule has 3 nitrogen and oxygen atoms in total. The molecule has 0 radical (unpaired) electrons. The van der Waals surface area contributed by atoms with Gasteiger partial charge in [-0.3, -0.25) is 4.79 Å². The second-order valence-corrected chi connectivity index (χ2v) is 4.28. The summed E-state index contributed by atoms with van der Waals surface area (Å²) in [7, 11) is 0. The lowest BCUT2D eigenvalue weighted by Gasteiger charge is -2.16. The average Bonchev–Trinajstić information content (AvgIpc) is 2.27. The number of rotatable bonds is 5. The molecule has 0 aromatic heterocycles. The summed E-state index contributed by atoms with van der Waals surface area (Å²) in [4.78, 5) is 11.6. The Morgan fingerprint density at radius 3 is 2.59 bits per heavy atom. The summed E-state index contributed by atoms with van der Waals surface area (Å²) in [5.41, 5.74) is 2.54. The van der Waals surface area contributed by atoms with E-state index in [9.17, 15) is 9.90 Å². The quantitative estimate of drug-likeness (QED) is 0.799. The van der Waals surface area contributed by atoms with E-state index in [4.69, 9.17) is 4.74 Å². The molecule has 0 heterocycles. The maximum atomic E-state index is 11.6. The number of aryl methyl sites for hydroxylation is 1. The number of ketones is 1. The Labute approximate surface area is 102 Å². The van der Waals surface area contributed by atoms with Crippen LogP contribution in [0.5, 0.6) is 5.75 Å². The molecule has 1 rings (SSSR count). The SMILES string of the molecule is CCOc1cc(C(C)CO)cc(C)c1C(C)=O. The second-order valence-electron chi connectivity index (χ2n) is 4.28. The molecule has 0 fully saturated rings. The Morgan fingerprint density at radius 1 is 1.47 bits per heavy atom. The summed E-state index contributed by atoms with van der Waals surface area (Å²) in [5, 5.41) is 9.17. The molecule has 0 aliphatic carbocycles. The topological polar surface area (TPSA) is 46.5 Å². The molecular weight excluding hydrogens is 216 g/mol. The fourth-order valence-corrected chi connectivity index (χ4v) is 1.89. The number of hydrogen-bond donors (Lipinski definition) is 1. The van der Waals surface area contributed by atoms with Gasteiger partial charge in [0.2, 0.25) is 0 Å². The van der Waals surface area contributed by atoms with Crippen LogP contribution in [0.3, 0.4) is 0 Å². The van der Waals surface area contributed by atoms with Gasteiger partial charge in [-0.25, -0.2) is 0 Å². The van der Waals surface area contributed by atoms with E-state index in [1.165, 1.54) is 0 Å². The summed E-state index contributed by atoms with van der Waals surface area (Å²) in [6, 6.07) is 3.80. The van der Waals surface area contributed by atoms with Crippen LogP contribution < -0.4 is 4.74 Å². The molecule has 1 unspecified atom stereocenters. The summed E-state index contributed by atoms with van der Waals surface area (Å²) in [5.74, 6) is 0.679. The van der Waals surface area contributed by atoms with Gasteiger partial charge in [0.15, 0.2) is 5.78 Å². The molecule has 1 aromatic rings. The lowest BCUT2D eigenvalue weighted by atomic mass is 9.95. The molecule has 1 atom stereocenters. The second kappa shape index (κ2) is 5.82. The third-order valence-electron chi connectivity index (χ3n) is 2.82. The van der Waals surface area contributed by atoms with Crippen LogP contribution in [-0.2, 0) is 0 Å². The fourth-order valence-electron chi connectivity index (χ4n) is 1.89. The number of benzene rings is 1. The van der Waals surface area contributed by atoms with Gasteiger partial charge in [-0.2, -0.15) is 0 Å². The van der Waals surface area contributed by atoms with E-state index >= 15 is 0 Å². The molecule has 0 saturated heterocycles. The molecule has 3 heteroatoms. The van der Waals surface area contributed by atoms with Crippen molar-refractivity contribution in [3.05, 3.63) is 28.8 Å². The highest BCUT2D eigenvalue weighted by Gasteiger charge is 2.15. The number of carbonyl (C=O) groups excluding carboxylic acids is 1. The molecule has 0 bridgehead atoms. The van der Waals surface area contributed by atoms with E-state index in [0.717, 1.165) is 11.1 Å². The Bertz CT molecular complexity index is 410. The summed E-state index contributed by atoms with van der Waals surface area (Å²) >= 11 is 0. The highest BCUT2D eigenvalue weighted by atomic mass is 16.5. The maximum absolute atomic E-state index is 11.6. The van der Waals surface area contributed by atoms with Crippen molar-refractivity contribution in [3.8, 4) is 5.75 Å². The third kappa shape index (κ3) is 3.07. The summed E-state index contributed by atoms with van der Waals surface area (Å²) in [6.45, 7) is 7.88. The minimum absolute atomic E-state index is 0.00847. The molecule has 0 aliphatic rings. The van der Waals surface area contributed by atoms with E-state index in [1.54, 1.807) is 6.92 Å². The van der Waals surface area contributed by atoms with Crippen LogP contribution in [0.2, 0.25) is 0 Å². The van der Waals surface area contributed by atoms with E-state index in [1.807, 2.05) is 32.9 Å². The lowest BCUT2D eigenvalue weighted by Crippen LogP contribution is -2.07. The standard InChI is InChI=1S/C14H20O3/c1-5-17-13-7-12(10(3)8-15)6-9(2)14(13)11(4)16/h6-7,10,15H,5,8H2,1-4H3. The van der Waals surface area contributed by atoms with Crippen LogP contribution in [0.4, 0.5) is 0 Å². The van der Waals surface area contributed by atoms with Crippen LogP contribution in [0, 0.1) is 6.92 Å². The van der Waals surface area contributed by atoms with Gasteiger partial charge in [0.25, 0.3) is 0 Å². The monoisotopic (exact) mass is 236 g/mol. The van der Waals surface area contributed by atoms with Gasteiger partial charge in [0.1, 0.15) is 5.75 Å². The Balaban J connectivity index is 3.30. The molecule has 0 amide bonds. The van der Waals surface area contributed by atoms with Crippen molar-refractivity contribution in [2.45, 2.75) is 33.6 Å². The van der Waals surface area contributed by atoms with E-state index in [-0.39, 0.29) is 18.3 Å². The smallest absolute Gasteiger partial charge is 0.163 e. The van der Waals surface area contributed by atoms with Gasteiger partial charge in [0, 0.05) is 12.5 Å². The zero-order valence-electron chi connectivity index (χ0n) is 10.9. The first-order valence-corrected chi connectivity index (χ1v) is 5.90. The van der Waals surface area contributed by atoms with E-state index in [2.05, 4.69) is 0 Å². The van der Waals surface area contributed by atoms with Crippen LogP contribution in [0.25, 0.3) is 0 Å². The van der Waals surface area contributed by atoms with Crippen LogP contribution >= 0.6 is 0 Å². The summed E-state index contributed by atoms with van der Waals surface area (Å²) in [6.07, 6.45) is 0. The van der Waals surface area contributed by atoms with Crippen molar-refractivity contribution in [2.24, 2.45) is 0 Å². The van der Waals surface area contributed by atoms with Crippen molar-refractivity contribution < 1.29 is 14.6 Å². The molecule has 0 spiro atoms. The van der Waals surface area contributed by atoms with Crippen molar-refractivity contribution in [3.63, 3.8) is 0 Å². The molecule has 0 aliphatic heterocycles. The molecule has 1 aromatic carbocycles. The predicted octanol–water partition coefficient (Wildman–Crippen LogP) is 2.69. The van der Waals surface area contributed by atoms with Crippen molar-refractivity contribution >= 4 is 5.78 Å². The molecule has 17 heavy (non-hydrogen) atoms. The molecular formula is C14H20O3. The van der Waals surface area contributed by atoms with Gasteiger partial charge in [-0.1, -0.05) is 13.0 Å². The third-order valence-corrected chi connectivity index (χ3v) is 2.82. The lowest BCUT2D eigenvalue weighted by molar-refractivity contribution is 0.101. The van der Waals surface area contributed by atoms with Gasteiger partial charge >= 0.3 is 0 Å². The zero-order chi connectivity index (χ0) is 13.0. The van der Waals surface area contributed by atoms with Gasteiger partial charge in [-0.15, -0.1) is 0 Å². The Morgan fingerprint density at radius 2 is 2.12 bits per heavy atom. The van der Waals surface area contributed by atoms with Crippen LogP contribution in [0.15, 0.2) is 12.1 Å². The van der Waals surface area contributed by atoms with E-state index < -0.39 is 0 Å². The fraction of sp³-hybridized carbons (Fsp3) is 0.500.